The van der Waals surface area contributed by atoms with E-state index in [0.29, 0.717) is 5.92 Å². The van der Waals surface area contributed by atoms with Crippen LogP contribution in [-0.4, -0.2) is 18.3 Å². The Balaban J connectivity index is 2.02. The zero-order valence-electron chi connectivity index (χ0n) is 15.9. The highest BCUT2D eigenvalue weighted by atomic mass is 127. The highest BCUT2D eigenvalue weighted by molar-refractivity contribution is 14.1. The Morgan fingerprint density at radius 2 is 2.04 bits per heavy atom. The van der Waals surface area contributed by atoms with Gasteiger partial charge in [-0.3, -0.25) is 4.99 Å². The first kappa shape index (κ1) is 19.7. The first-order valence-electron chi connectivity index (χ1n) is 9.23. The van der Waals surface area contributed by atoms with Crippen LogP contribution in [0.1, 0.15) is 57.6 Å². The van der Waals surface area contributed by atoms with Crippen molar-refractivity contribution >= 4 is 51.8 Å². The van der Waals surface area contributed by atoms with Crippen molar-refractivity contribution in [1.29, 1.82) is 0 Å². The van der Waals surface area contributed by atoms with Crippen molar-refractivity contribution in [2.75, 3.05) is 11.4 Å². The number of aliphatic imine (C=N–C) groups is 1. The first-order chi connectivity index (χ1) is 12.3. The fourth-order valence-electron chi connectivity index (χ4n) is 3.96. The third kappa shape index (κ3) is 3.94. The van der Waals surface area contributed by atoms with Crippen LogP contribution in [0.3, 0.4) is 0 Å². The molecule has 0 aromatic heterocycles. The summed E-state index contributed by atoms with van der Waals surface area (Å²) in [7, 11) is 0. The summed E-state index contributed by atoms with van der Waals surface area (Å²) < 4.78 is 1.14. The van der Waals surface area contributed by atoms with Gasteiger partial charge in [0.25, 0.3) is 0 Å². The lowest BCUT2D eigenvalue weighted by molar-refractivity contribution is 0.376. The third-order valence-electron chi connectivity index (χ3n) is 5.15. The average Bonchev–Trinajstić information content (AvgIpc) is 2.58. The summed E-state index contributed by atoms with van der Waals surface area (Å²) in [5.41, 5.74) is 4.79. The Labute approximate surface area is 175 Å². The maximum atomic E-state index is 6.65. The lowest BCUT2D eigenvalue weighted by Gasteiger charge is -2.47. The minimum absolute atomic E-state index is 0.154. The average molecular weight is 481 g/mol. The molecule has 1 aliphatic rings. The van der Waals surface area contributed by atoms with Crippen LogP contribution in [0.2, 0.25) is 5.02 Å². The van der Waals surface area contributed by atoms with Crippen molar-refractivity contribution < 1.29 is 0 Å². The van der Waals surface area contributed by atoms with Gasteiger partial charge in [0.05, 0.1) is 10.7 Å². The molecule has 0 fully saturated rings. The summed E-state index contributed by atoms with van der Waals surface area (Å²) in [5.74, 6) is 0.509. The number of para-hydroxylation sites is 1. The van der Waals surface area contributed by atoms with Gasteiger partial charge in [0.2, 0.25) is 0 Å². The molecular formula is C22H26ClIN2. The molecule has 0 saturated carbocycles. The molecule has 4 heteroatoms. The highest BCUT2D eigenvalue weighted by Crippen LogP contribution is 2.45. The summed E-state index contributed by atoms with van der Waals surface area (Å²) >= 11 is 8.97. The molecule has 0 bridgehead atoms. The number of rotatable bonds is 4. The first-order valence-corrected chi connectivity index (χ1v) is 10.7. The molecule has 0 N–H and O–H groups in total. The predicted molar refractivity (Wildman–Crippen MR) is 123 cm³/mol. The molecule has 3 rings (SSSR count). The van der Waals surface area contributed by atoms with E-state index >= 15 is 0 Å². The zero-order valence-corrected chi connectivity index (χ0v) is 18.8. The molecule has 0 saturated heterocycles. The lowest BCUT2D eigenvalue weighted by Crippen LogP contribution is -2.48. The van der Waals surface area contributed by atoms with E-state index in [1.54, 1.807) is 0 Å². The number of benzene rings is 2. The number of nitrogens with zero attached hydrogens (tertiary/aromatic N) is 2. The van der Waals surface area contributed by atoms with Crippen molar-refractivity contribution in [1.82, 2.24) is 0 Å². The van der Waals surface area contributed by atoms with Gasteiger partial charge in [-0.1, -0.05) is 37.6 Å². The van der Waals surface area contributed by atoms with E-state index < -0.39 is 0 Å². The molecule has 2 nitrogen and oxygen atoms in total. The summed E-state index contributed by atoms with van der Waals surface area (Å²) in [5, 5.41) is 0.768. The van der Waals surface area contributed by atoms with E-state index in [2.05, 4.69) is 78.4 Å². The van der Waals surface area contributed by atoms with Gasteiger partial charge in [-0.25, -0.2) is 0 Å². The number of fused-ring (bicyclic) bond motifs is 1. The van der Waals surface area contributed by atoms with Crippen molar-refractivity contribution in [3.63, 3.8) is 0 Å². The largest absolute Gasteiger partial charge is 0.366 e. The molecule has 0 aliphatic carbocycles. The van der Waals surface area contributed by atoms with Crippen molar-refractivity contribution in [2.45, 2.75) is 52.0 Å². The quantitative estimate of drug-likeness (QED) is 0.334. The van der Waals surface area contributed by atoms with Gasteiger partial charge in [0.1, 0.15) is 0 Å². The van der Waals surface area contributed by atoms with Gasteiger partial charge in [0, 0.05) is 33.1 Å². The van der Waals surface area contributed by atoms with E-state index in [9.17, 15) is 0 Å². The molecule has 0 spiro atoms. The topological polar surface area (TPSA) is 15.6 Å². The Bertz CT molecular complexity index is 829. The summed E-state index contributed by atoms with van der Waals surface area (Å²) in [4.78, 5) is 7.19. The van der Waals surface area contributed by atoms with E-state index in [0.717, 1.165) is 39.2 Å². The molecular weight excluding hydrogens is 455 g/mol. The molecule has 1 heterocycles. The number of anilines is 1. The van der Waals surface area contributed by atoms with Crippen LogP contribution in [0, 0.1) is 3.57 Å². The van der Waals surface area contributed by atoms with Gasteiger partial charge in [0.15, 0.2) is 0 Å². The monoisotopic (exact) mass is 480 g/mol. The number of hydrogen-bond acceptors (Lipinski definition) is 2. The molecule has 1 aliphatic heterocycles. The predicted octanol–water partition coefficient (Wildman–Crippen LogP) is 7.20. The fraction of sp³-hybridized carbons (Fsp3) is 0.409. The minimum atomic E-state index is 0.154. The second kappa shape index (κ2) is 7.89. The molecule has 26 heavy (non-hydrogen) atoms. The van der Waals surface area contributed by atoms with Crippen LogP contribution >= 0.6 is 34.2 Å². The van der Waals surface area contributed by atoms with Gasteiger partial charge >= 0.3 is 0 Å². The fourth-order valence-corrected chi connectivity index (χ4v) is 4.70. The van der Waals surface area contributed by atoms with Crippen molar-refractivity contribution in [3.8, 4) is 0 Å². The number of hydrogen-bond donors (Lipinski definition) is 0. The van der Waals surface area contributed by atoms with Gasteiger partial charge in [-0.05, 0) is 85.0 Å². The van der Waals surface area contributed by atoms with Gasteiger partial charge < -0.3 is 4.90 Å². The SMILES string of the molecule is CCCN1c2cc(Cl)c(C=Nc3ccccc3I)cc2C(C)CC1(C)C. The minimum Gasteiger partial charge on any atom is -0.366 e. The van der Waals surface area contributed by atoms with Gasteiger partial charge in [-0.2, -0.15) is 0 Å². The van der Waals surface area contributed by atoms with Gasteiger partial charge in [-0.15, -0.1) is 0 Å². The van der Waals surface area contributed by atoms with Crippen LogP contribution in [0.5, 0.6) is 0 Å². The lowest BCUT2D eigenvalue weighted by atomic mass is 9.79. The van der Waals surface area contributed by atoms with Crippen LogP contribution in [0.25, 0.3) is 0 Å². The smallest absolute Gasteiger partial charge is 0.0763 e. The van der Waals surface area contributed by atoms with Crippen LogP contribution in [-0.2, 0) is 0 Å². The normalized spacial score (nSPS) is 19.0. The Kier molecular flexibility index (Phi) is 5.97. The van der Waals surface area contributed by atoms with Crippen LogP contribution < -0.4 is 4.90 Å². The summed E-state index contributed by atoms with van der Waals surface area (Å²) in [6, 6.07) is 12.5. The maximum Gasteiger partial charge on any atom is 0.0763 e. The van der Waals surface area contributed by atoms with Crippen LogP contribution in [0.15, 0.2) is 41.4 Å². The standard InChI is InChI=1S/C22H26ClIN2/c1-5-10-26-21-12-18(23)16(11-17(21)15(2)13-22(26,3)4)14-25-20-9-7-6-8-19(20)24/h6-9,11-12,14-15H,5,10,13H2,1-4H3. The van der Waals surface area contributed by atoms with Crippen LogP contribution in [0.4, 0.5) is 11.4 Å². The molecule has 0 amide bonds. The van der Waals surface area contributed by atoms with E-state index in [1.807, 2.05) is 24.4 Å². The molecule has 1 unspecified atom stereocenters. The second-order valence-corrected chi connectivity index (χ2v) is 9.28. The van der Waals surface area contributed by atoms with Crippen molar-refractivity contribution in [3.05, 3.63) is 56.1 Å². The molecule has 2 aromatic carbocycles. The third-order valence-corrected chi connectivity index (χ3v) is 6.39. The Morgan fingerprint density at radius 3 is 2.73 bits per heavy atom. The highest BCUT2D eigenvalue weighted by Gasteiger charge is 2.36. The molecule has 138 valence electrons. The summed E-state index contributed by atoms with van der Waals surface area (Å²) in [6.45, 7) is 10.3. The summed E-state index contributed by atoms with van der Waals surface area (Å²) in [6.07, 6.45) is 4.18. The van der Waals surface area contributed by atoms with E-state index in [1.165, 1.54) is 11.3 Å². The molecule has 2 aromatic rings. The van der Waals surface area contributed by atoms with E-state index in [4.69, 9.17) is 11.6 Å². The van der Waals surface area contributed by atoms with Crippen molar-refractivity contribution in [2.24, 2.45) is 4.99 Å². The van der Waals surface area contributed by atoms with E-state index in [-0.39, 0.29) is 5.54 Å². The zero-order chi connectivity index (χ0) is 18.9. The maximum absolute atomic E-state index is 6.65. The Morgan fingerprint density at radius 1 is 1.31 bits per heavy atom. The molecule has 0 radical (unpaired) electrons. The second-order valence-electron chi connectivity index (χ2n) is 7.71. The number of halogens is 2. The Hall–Kier alpha value is -1.07. The molecule has 1 atom stereocenters.